The van der Waals surface area contributed by atoms with Crippen LogP contribution in [0.3, 0.4) is 0 Å². The zero-order chi connectivity index (χ0) is 18.2. The molecule has 130 valence electrons. The highest BCUT2D eigenvalue weighted by atomic mass is 16.5. The topological polar surface area (TPSA) is 107 Å². The van der Waals surface area contributed by atoms with Crippen LogP contribution >= 0.6 is 0 Å². The molecule has 2 aromatic heterocycles. The molecule has 3 rings (SSSR count). The Balaban J connectivity index is 2.12. The summed E-state index contributed by atoms with van der Waals surface area (Å²) in [5, 5.41) is 26.0. The molecule has 9 nitrogen and oxygen atoms in total. The summed E-state index contributed by atoms with van der Waals surface area (Å²) in [5.74, 6) is 0.539. The highest BCUT2D eigenvalue weighted by molar-refractivity contribution is 5.80. The van der Waals surface area contributed by atoms with Crippen molar-refractivity contribution in [1.29, 1.82) is 0 Å². The SMILES string of the molecule is COc1ccc(/C=N/n2c(=O)c(C(C)(C)C)nn3cnnc23)cc1O. The highest BCUT2D eigenvalue weighted by Crippen LogP contribution is 2.25. The zero-order valence-corrected chi connectivity index (χ0v) is 14.3. The molecular formula is C16H18N6O3. The largest absolute Gasteiger partial charge is 0.504 e. The summed E-state index contributed by atoms with van der Waals surface area (Å²) in [7, 11) is 1.47. The van der Waals surface area contributed by atoms with Crippen LogP contribution in [-0.2, 0) is 5.41 Å². The highest BCUT2D eigenvalue weighted by Gasteiger charge is 2.23. The number of aromatic nitrogens is 5. The van der Waals surface area contributed by atoms with Gasteiger partial charge in [0.1, 0.15) is 12.0 Å². The van der Waals surface area contributed by atoms with E-state index in [0.29, 0.717) is 17.0 Å². The van der Waals surface area contributed by atoms with Crippen LogP contribution in [0.1, 0.15) is 32.0 Å². The van der Waals surface area contributed by atoms with Crippen LogP contribution in [0.5, 0.6) is 11.5 Å². The van der Waals surface area contributed by atoms with E-state index >= 15 is 0 Å². The Morgan fingerprint density at radius 1 is 1.32 bits per heavy atom. The number of methoxy groups -OCH3 is 1. The van der Waals surface area contributed by atoms with Crippen molar-refractivity contribution < 1.29 is 9.84 Å². The Hall–Kier alpha value is -3.23. The van der Waals surface area contributed by atoms with Crippen molar-refractivity contribution in [2.45, 2.75) is 26.2 Å². The second kappa shape index (κ2) is 6.00. The summed E-state index contributed by atoms with van der Waals surface area (Å²) in [6, 6.07) is 4.81. The number of fused-ring (bicyclic) bond motifs is 1. The molecule has 0 bridgehead atoms. The predicted octanol–water partition coefficient (Wildman–Crippen LogP) is 1.18. The van der Waals surface area contributed by atoms with Gasteiger partial charge in [0.15, 0.2) is 11.5 Å². The van der Waals surface area contributed by atoms with Crippen molar-refractivity contribution in [3.63, 3.8) is 0 Å². The number of rotatable bonds is 3. The minimum absolute atomic E-state index is 0.0171. The first kappa shape index (κ1) is 16.6. The van der Waals surface area contributed by atoms with Crippen LogP contribution in [0.15, 0.2) is 34.4 Å². The molecule has 3 aromatic rings. The molecule has 1 aromatic carbocycles. The molecule has 9 heteroatoms. The molecule has 0 spiro atoms. The van der Waals surface area contributed by atoms with E-state index < -0.39 is 5.41 Å². The second-order valence-electron chi connectivity index (χ2n) is 6.47. The number of nitrogens with zero attached hydrogens (tertiary/aromatic N) is 6. The molecule has 0 unspecified atom stereocenters. The van der Waals surface area contributed by atoms with Crippen molar-refractivity contribution >= 4 is 12.0 Å². The van der Waals surface area contributed by atoms with Gasteiger partial charge in [-0.1, -0.05) is 20.8 Å². The third-order valence-electron chi connectivity index (χ3n) is 3.54. The summed E-state index contributed by atoms with van der Waals surface area (Å²) in [5.41, 5.74) is 0.0964. The average molecular weight is 342 g/mol. The predicted molar refractivity (Wildman–Crippen MR) is 91.4 cm³/mol. The quantitative estimate of drug-likeness (QED) is 0.716. The van der Waals surface area contributed by atoms with Crippen molar-refractivity contribution in [1.82, 2.24) is 24.5 Å². The van der Waals surface area contributed by atoms with Gasteiger partial charge in [0.25, 0.3) is 11.3 Å². The summed E-state index contributed by atoms with van der Waals surface area (Å²) in [6.07, 6.45) is 2.86. The number of hydrogen-bond donors (Lipinski definition) is 1. The van der Waals surface area contributed by atoms with Gasteiger partial charge in [-0.15, -0.1) is 10.2 Å². The molecule has 0 amide bonds. The lowest BCUT2D eigenvalue weighted by atomic mass is 9.93. The Bertz CT molecular complexity index is 1010. The Kier molecular flexibility index (Phi) is 3.99. The zero-order valence-electron chi connectivity index (χ0n) is 14.3. The van der Waals surface area contributed by atoms with Gasteiger partial charge in [0, 0.05) is 5.41 Å². The number of ether oxygens (including phenoxy) is 1. The van der Waals surface area contributed by atoms with Crippen LogP contribution in [0.2, 0.25) is 0 Å². The molecule has 0 atom stereocenters. The molecule has 0 aliphatic heterocycles. The summed E-state index contributed by atoms with van der Waals surface area (Å²) in [6.45, 7) is 5.67. The van der Waals surface area contributed by atoms with Crippen LogP contribution in [-0.4, -0.2) is 42.9 Å². The average Bonchev–Trinajstić information content (AvgIpc) is 3.01. The smallest absolute Gasteiger partial charge is 0.298 e. The van der Waals surface area contributed by atoms with E-state index in [2.05, 4.69) is 20.4 Å². The number of hydrogen-bond acceptors (Lipinski definition) is 7. The van der Waals surface area contributed by atoms with Gasteiger partial charge < -0.3 is 9.84 Å². The summed E-state index contributed by atoms with van der Waals surface area (Å²) < 4.78 is 7.55. The molecule has 0 aliphatic rings. The first-order valence-corrected chi connectivity index (χ1v) is 7.56. The fourth-order valence-corrected chi connectivity index (χ4v) is 2.26. The molecular weight excluding hydrogens is 324 g/mol. The minimum atomic E-state index is -0.467. The van der Waals surface area contributed by atoms with Crippen molar-refractivity contribution in [2.24, 2.45) is 5.10 Å². The van der Waals surface area contributed by atoms with Crippen molar-refractivity contribution in [2.75, 3.05) is 7.11 Å². The number of benzene rings is 1. The Morgan fingerprint density at radius 2 is 2.08 bits per heavy atom. The molecule has 0 saturated carbocycles. The van der Waals surface area contributed by atoms with Gasteiger partial charge >= 0.3 is 0 Å². The molecule has 0 aliphatic carbocycles. The molecule has 25 heavy (non-hydrogen) atoms. The van der Waals surface area contributed by atoms with E-state index in [1.165, 1.54) is 30.2 Å². The van der Waals surface area contributed by atoms with Gasteiger partial charge in [-0.25, -0.2) is 0 Å². The second-order valence-corrected chi connectivity index (χ2v) is 6.47. The lowest BCUT2D eigenvalue weighted by Crippen LogP contribution is -2.33. The van der Waals surface area contributed by atoms with Crippen LogP contribution < -0.4 is 10.3 Å². The van der Waals surface area contributed by atoms with Crippen molar-refractivity contribution in [3.8, 4) is 11.5 Å². The molecule has 0 fully saturated rings. The number of phenols is 1. The number of phenolic OH excluding ortho intramolecular Hbond substituents is 1. The molecule has 1 N–H and O–H groups in total. The fraction of sp³-hybridized carbons (Fsp3) is 0.312. The first-order chi connectivity index (χ1) is 11.8. The van der Waals surface area contributed by atoms with Gasteiger partial charge in [-0.05, 0) is 23.8 Å². The van der Waals surface area contributed by atoms with E-state index in [-0.39, 0.29) is 17.1 Å². The van der Waals surface area contributed by atoms with Gasteiger partial charge in [0.2, 0.25) is 0 Å². The number of aromatic hydroxyl groups is 1. The maximum atomic E-state index is 12.8. The van der Waals surface area contributed by atoms with E-state index in [1.54, 1.807) is 12.1 Å². The van der Waals surface area contributed by atoms with Gasteiger partial charge in [-0.2, -0.15) is 19.4 Å². The maximum Gasteiger partial charge on any atom is 0.298 e. The first-order valence-electron chi connectivity index (χ1n) is 7.56. The van der Waals surface area contributed by atoms with E-state index in [4.69, 9.17) is 4.74 Å². The lowest BCUT2D eigenvalue weighted by Gasteiger charge is -2.16. The molecule has 2 heterocycles. The monoisotopic (exact) mass is 342 g/mol. The summed E-state index contributed by atoms with van der Waals surface area (Å²) in [4.78, 5) is 12.8. The molecule has 0 radical (unpaired) electrons. The Labute approximate surface area is 143 Å². The third kappa shape index (κ3) is 3.08. The lowest BCUT2D eigenvalue weighted by molar-refractivity contribution is 0.373. The van der Waals surface area contributed by atoms with E-state index in [1.807, 2.05) is 20.8 Å². The van der Waals surface area contributed by atoms with E-state index in [0.717, 1.165) is 4.68 Å². The van der Waals surface area contributed by atoms with E-state index in [9.17, 15) is 9.90 Å². The Morgan fingerprint density at radius 3 is 2.72 bits per heavy atom. The van der Waals surface area contributed by atoms with Crippen molar-refractivity contribution in [3.05, 3.63) is 46.1 Å². The standard InChI is InChI=1S/C16H18N6O3/c1-16(2,3)13-14(24)22(15-19-17-9-21(15)20-13)18-8-10-5-6-12(25-4)11(23)7-10/h5-9,23H,1-4H3/b18-8+. The van der Waals surface area contributed by atoms with Crippen LogP contribution in [0.4, 0.5) is 0 Å². The fourth-order valence-electron chi connectivity index (χ4n) is 2.26. The van der Waals surface area contributed by atoms with Gasteiger partial charge in [0.05, 0.1) is 13.3 Å². The minimum Gasteiger partial charge on any atom is -0.504 e. The third-order valence-corrected chi connectivity index (χ3v) is 3.54. The van der Waals surface area contributed by atoms with Crippen LogP contribution in [0, 0.1) is 0 Å². The van der Waals surface area contributed by atoms with Gasteiger partial charge in [-0.3, -0.25) is 4.79 Å². The summed E-state index contributed by atoms with van der Waals surface area (Å²) >= 11 is 0. The maximum absolute atomic E-state index is 12.8. The van der Waals surface area contributed by atoms with Crippen LogP contribution in [0.25, 0.3) is 5.78 Å². The normalized spacial score (nSPS) is 12.2. The molecule has 0 saturated heterocycles.